The molecule has 128 valence electrons. The molecule has 1 N–H and O–H groups in total. The van der Waals surface area contributed by atoms with Crippen LogP contribution in [0.5, 0.6) is 0 Å². The van der Waals surface area contributed by atoms with Crippen molar-refractivity contribution in [1.29, 1.82) is 0 Å². The number of piperidine rings is 1. The van der Waals surface area contributed by atoms with Gasteiger partial charge in [-0.2, -0.15) is 0 Å². The van der Waals surface area contributed by atoms with Gasteiger partial charge in [-0.15, -0.1) is 0 Å². The minimum Gasteiger partial charge on any atom is -0.449 e. The third kappa shape index (κ3) is 3.26. The Hall–Kier alpha value is -2.01. The van der Waals surface area contributed by atoms with Crippen LogP contribution >= 0.6 is 11.6 Å². The molecule has 0 aliphatic carbocycles. The lowest BCUT2D eigenvalue weighted by Crippen LogP contribution is -2.41. The SMILES string of the molecule is CC(=O)NCC1CCN(C(=O)c2oc3c(Cl)cccc3c2C)CC1. The molecule has 1 aromatic carbocycles. The zero-order valence-electron chi connectivity index (χ0n) is 13.9. The van der Waals surface area contributed by atoms with E-state index in [0.717, 1.165) is 23.8 Å². The molecular weight excluding hydrogens is 328 g/mol. The van der Waals surface area contributed by atoms with Crippen LogP contribution in [0, 0.1) is 12.8 Å². The molecule has 0 bridgehead atoms. The van der Waals surface area contributed by atoms with Crippen molar-refractivity contribution in [3.63, 3.8) is 0 Å². The summed E-state index contributed by atoms with van der Waals surface area (Å²) in [4.78, 5) is 25.6. The Balaban J connectivity index is 1.71. The van der Waals surface area contributed by atoms with Crippen molar-refractivity contribution >= 4 is 34.4 Å². The highest BCUT2D eigenvalue weighted by Crippen LogP contribution is 2.32. The number of likely N-dealkylation sites (tertiary alicyclic amines) is 1. The smallest absolute Gasteiger partial charge is 0.289 e. The van der Waals surface area contributed by atoms with Crippen molar-refractivity contribution in [2.24, 2.45) is 5.92 Å². The first-order valence-electron chi connectivity index (χ1n) is 8.18. The van der Waals surface area contributed by atoms with Gasteiger partial charge in [-0.3, -0.25) is 9.59 Å². The number of amides is 2. The third-order valence-electron chi connectivity index (χ3n) is 4.65. The summed E-state index contributed by atoms with van der Waals surface area (Å²) in [6, 6.07) is 5.53. The first kappa shape index (κ1) is 16.8. The second-order valence-corrected chi connectivity index (χ2v) is 6.75. The average Bonchev–Trinajstić information content (AvgIpc) is 2.91. The Morgan fingerprint density at radius 3 is 2.67 bits per heavy atom. The monoisotopic (exact) mass is 348 g/mol. The van der Waals surface area contributed by atoms with Gasteiger partial charge in [0.1, 0.15) is 0 Å². The minimum absolute atomic E-state index is 0.0108. The van der Waals surface area contributed by atoms with Crippen LogP contribution < -0.4 is 5.32 Å². The molecule has 1 fully saturated rings. The number of furan rings is 1. The van der Waals surface area contributed by atoms with Crippen molar-refractivity contribution < 1.29 is 14.0 Å². The standard InChI is InChI=1S/C18H21ClN2O3/c1-11-14-4-3-5-15(19)17(14)24-16(11)18(23)21-8-6-13(7-9-21)10-20-12(2)22/h3-5,13H,6-10H2,1-2H3,(H,20,22). The largest absolute Gasteiger partial charge is 0.449 e. The molecule has 5 nitrogen and oxygen atoms in total. The fourth-order valence-corrected chi connectivity index (χ4v) is 3.40. The van der Waals surface area contributed by atoms with Crippen LogP contribution in [0.4, 0.5) is 0 Å². The van der Waals surface area contributed by atoms with E-state index in [1.165, 1.54) is 6.92 Å². The van der Waals surface area contributed by atoms with E-state index in [9.17, 15) is 9.59 Å². The van der Waals surface area contributed by atoms with E-state index in [1.54, 1.807) is 6.07 Å². The van der Waals surface area contributed by atoms with Crippen molar-refractivity contribution in [2.45, 2.75) is 26.7 Å². The van der Waals surface area contributed by atoms with Crippen molar-refractivity contribution in [1.82, 2.24) is 10.2 Å². The molecule has 3 rings (SSSR count). The molecule has 0 saturated carbocycles. The van der Waals surface area contributed by atoms with Gasteiger partial charge in [-0.1, -0.05) is 23.7 Å². The number of rotatable bonds is 3. The summed E-state index contributed by atoms with van der Waals surface area (Å²) in [6.45, 7) is 5.43. The first-order chi connectivity index (χ1) is 11.5. The average molecular weight is 349 g/mol. The van der Waals surface area contributed by atoms with E-state index < -0.39 is 0 Å². The topological polar surface area (TPSA) is 62.6 Å². The Morgan fingerprint density at radius 1 is 1.33 bits per heavy atom. The Bertz CT molecular complexity index is 776. The molecule has 1 aromatic heterocycles. The molecule has 2 aromatic rings. The van der Waals surface area contributed by atoms with Crippen LogP contribution in [0.3, 0.4) is 0 Å². The quantitative estimate of drug-likeness (QED) is 0.924. The predicted octanol–water partition coefficient (Wildman–Crippen LogP) is 3.38. The normalized spacial score (nSPS) is 15.7. The van der Waals surface area contributed by atoms with Gasteiger partial charge in [0, 0.05) is 37.5 Å². The molecule has 0 unspecified atom stereocenters. The van der Waals surface area contributed by atoms with E-state index in [1.807, 2.05) is 24.0 Å². The van der Waals surface area contributed by atoms with Gasteiger partial charge < -0.3 is 14.6 Å². The van der Waals surface area contributed by atoms with Gasteiger partial charge in [0.15, 0.2) is 11.3 Å². The van der Waals surface area contributed by atoms with E-state index in [-0.39, 0.29) is 11.8 Å². The molecule has 0 spiro atoms. The van der Waals surface area contributed by atoms with Crippen LogP contribution in [0.2, 0.25) is 5.02 Å². The highest BCUT2D eigenvalue weighted by Gasteiger charge is 2.27. The molecule has 1 aliphatic rings. The number of carbonyl (C=O) groups excluding carboxylic acids is 2. The molecule has 0 radical (unpaired) electrons. The molecule has 1 aliphatic heterocycles. The molecule has 1 saturated heterocycles. The van der Waals surface area contributed by atoms with E-state index >= 15 is 0 Å². The number of para-hydroxylation sites is 1. The maximum atomic E-state index is 12.8. The molecule has 2 amide bonds. The number of nitrogens with zero attached hydrogens (tertiary/aromatic N) is 1. The summed E-state index contributed by atoms with van der Waals surface area (Å²) in [5, 5.41) is 4.25. The highest BCUT2D eigenvalue weighted by molar-refractivity contribution is 6.35. The van der Waals surface area contributed by atoms with Crippen LogP contribution in [-0.4, -0.2) is 36.3 Å². The number of fused-ring (bicyclic) bond motifs is 1. The van der Waals surface area contributed by atoms with Crippen molar-refractivity contribution in [3.8, 4) is 0 Å². The minimum atomic E-state index is -0.0854. The Morgan fingerprint density at radius 2 is 2.04 bits per heavy atom. The van der Waals surface area contributed by atoms with Gasteiger partial charge in [0.2, 0.25) is 5.91 Å². The maximum absolute atomic E-state index is 12.8. The summed E-state index contributed by atoms with van der Waals surface area (Å²) in [5.74, 6) is 0.698. The molecule has 2 heterocycles. The number of nitrogens with one attached hydrogen (secondary N) is 1. The molecule has 0 atom stereocenters. The van der Waals surface area contributed by atoms with E-state index in [0.29, 0.717) is 41.9 Å². The summed E-state index contributed by atoms with van der Waals surface area (Å²) in [7, 11) is 0. The summed E-state index contributed by atoms with van der Waals surface area (Å²) >= 11 is 6.16. The zero-order chi connectivity index (χ0) is 17.3. The van der Waals surface area contributed by atoms with Gasteiger partial charge in [0.05, 0.1) is 5.02 Å². The number of aryl methyl sites for hydroxylation is 1. The predicted molar refractivity (Wildman–Crippen MR) is 93.3 cm³/mol. The van der Waals surface area contributed by atoms with Crippen LogP contribution in [-0.2, 0) is 4.79 Å². The van der Waals surface area contributed by atoms with E-state index in [2.05, 4.69) is 5.32 Å². The fraction of sp³-hybridized carbons (Fsp3) is 0.444. The third-order valence-corrected chi connectivity index (χ3v) is 4.95. The summed E-state index contributed by atoms with van der Waals surface area (Å²) < 4.78 is 5.77. The Labute approximate surface area is 145 Å². The van der Waals surface area contributed by atoms with E-state index in [4.69, 9.17) is 16.0 Å². The van der Waals surface area contributed by atoms with Crippen molar-refractivity contribution in [3.05, 3.63) is 34.5 Å². The fourth-order valence-electron chi connectivity index (χ4n) is 3.18. The molecule has 6 heteroatoms. The number of hydrogen-bond donors (Lipinski definition) is 1. The molecule has 24 heavy (non-hydrogen) atoms. The lowest BCUT2D eigenvalue weighted by atomic mass is 9.96. The highest BCUT2D eigenvalue weighted by atomic mass is 35.5. The van der Waals surface area contributed by atoms with Crippen molar-refractivity contribution in [2.75, 3.05) is 19.6 Å². The Kier molecular flexibility index (Phi) is 4.81. The van der Waals surface area contributed by atoms with Gasteiger partial charge in [0.25, 0.3) is 5.91 Å². The zero-order valence-corrected chi connectivity index (χ0v) is 14.7. The number of halogens is 1. The maximum Gasteiger partial charge on any atom is 0.289 e. The van der Waals surface area contributed by atoms with Gasteiger partial charge >= 0.3 is 0 Å². The number of hydrogen-bond acceptors (Lipinski definition) is 3. The second-order valence-electron chi connectivity index (χ2n) is 6.35. The second kappa shape index (κ2) is 6.85. The van der Waals surface area contributed by atoms with Crippen LogP contribution in [0.15, 0.2) is 22.6 Å². The van der Waals surface area contributed by atoms with Crippen LogP contribution in [0.1, 0.15) is 35.9 Å². The summed E-state index contributed by atoms with van der Waals surface area (Å²) in [6.07, 6.45) is 1.76. The van der Waals surface area contributed by atoms with Gasteiger partial charge in [-0.25, -0.2) is 0 Å². The number of benzene rings is 1. The summed E-state index contributed by atoms with van der Waals surface area (Å²) in [5.41, 5.74) is 1.40. The number of carbonyl (C=O) groups is 2. The molecular formula is C18H21ClN2O3. The first-order valence-corrected chi connectivity index (χ1v) is 8.56. The van der Waals surface area contributed by atoms with Crippen LogP contribution in [0.25, 0.3) is 11.0 Å². The lowest BCUT2D eigenvalue weighted by molar-refractivity contribution is -0.119. The lowest BCUT2D eigenvalue weighted by Gasteiger charge is -2.31. The van der Waals surface area contributed by atoms with Gasteiger partial charge in [-0.05, 0) is 31.7 Å².